The van der Waals surface area contributed by atoms with Crippen LogP contribution in [0, 0.1) is 0 Å². The summed E-state index contributed by atoms with van der Waals surface area (Å²) in [5.74, 6) is 1.10. The van der Waals surface area contributed by atoms with Gasteiger partial charge < -0.3 is 24.9 Å². The highest BCUT2D eigenvalue weighted by Crippen LogP contribution is 2.38. The first-order valence-corrected chi connectivity index (χ1v) is 10.9. The lowest BCUT2D eigenvalue weighted by molar-refractivity contribution is -0.118. The van der Waals surface area contributed by atoms with Gasteiger partial charge in [0.25, 0.3) is 0 Å². The monoisotopic (exact) mass is 457 g/mol. The summed E-state index contributed by atoms with van der Waals surface area (Å²) >= 11 is 0. The number of methoxy groups -OCH3 is 2. The molecule has 0 unspecified atom stereocenters. The molecule has 0 aliphatic heterocycles. The van der Waals surface area contributed by atoms with Gasteiger partial charge in [-0.15, -0.1) is 0 Å². The van der Waals surface area contributed by atoms with Crippen LogP contribution in [-0.4, -0.2) is 42.5 Å². The van der Waals surface area contributed by atoms with E-state index >= 15 is 0 Å². The number of carbonyl (C=O) groups is 1. The van der Waals surface area contributed by atoms with Crippen LogP contribution in [0.25, 0.3) is 10.9 Å². The number of aromatic hydroxyl groups is 1. The standard InChI is InChI=1S/C27H27N3O4/c1-17(31)28-14-13-18-9-11-20(12-10-18)29-26(19-7-5-4-6-8-19)25-21-15-23(33-2)24(34-3)16-22(21)30-27(25)32/h4-12,15-16,30,32H,13-14H2,1-3H3,(H,28,31). The number of hydrogen-bond acceptors (Lipinski definition) is 5. The first-order chi connectivity index (χ1) is 16.5. The number of aromatic nitrogens is 1. The molecule has 0 saturated heterocycles. The van der Waals surface area contributed by atoms with Gasteiger partial charge >= 0.3 is 0 Å². The van der Waals surface area contributed by atoms with Crippen molar-refractivity contribution in [1.29, 1.82) is 0 Å². The summed E-state index contributed by atoms with van der Waals surface area (Å²) in [6, 6.07) is 21.2. The molecular weight excluding hydrogens is 430 g/mol. The van der Waals surface area contributed by atoms with Crippen molar-refractivity contribution in [2.75, 3.05) is 20.8 Å². The Bertz CT molecular complexity index is 1330. The molecule has 0 fully saturated rings. The molecule has 0 saturated carbocycles. The van der Waals surface area contributed by atoms with E-state index in [0.29, 0.717) is 34.8 Å². The van der Waals surface area contributed by atoms with E-state index in [4.69, 9.17) is 14.5 Å². The van der Waals surface area contributed by atoms with Crippen LogP contribution in [0.5, 0.6) is 17.4 Å². The summed E-state index contributed by atoms with van der Waals surface area (Å²) in [5.41, 5.74) is 4.63. The summed E-state index contributed by atoms with van der Waals surface area (Å²) in [6.45, 7) is 2.09. The number of carbonyl (C=O) groups excluding carboxylic acids is 1. The Morgan fingerprint density at radius 3 is 2.32 bits per heavy atom. The number of rotatable bonds is 8. The third-order valence-electron chi connectivity index (χ3n) is 5.53. The molecule has 0 aliphatic rings. The van der Waals surface area contributed by atoms with Crippen molar-refractivity contribution in [3.8, 4) is 17.4 Å². The maximum Gasteiger partial charge on any atom is 0.216 e. The molecule has 1 amide bonds. The number of aliphatic imine (C=N–C) groups is 1. The zero-order valence-electron chi connectivity index (χ0n) is 19.4. The quantitative estimate of drug-likeness (QED) is 0.333. The molecule has 0 radical (unpaired) electrons. The Labute approximate surface area is 198 Å². The minimum absolute atomic E-state index is 0.0137. The Balaban J connectivity index is 1.79. The molecule has 0 spiro atoms. The van der Waals surface area contributed by atoms with Crippen molar-refractivity contribution in [3.63, 3.8) is 0 Å². The molecule has 1 aromatic heterocycles. The number of nitrogens with one attached hydrogen (secondary N) is 2. The molecular formula is C27H27N3O4. The molecule has 7 nitrogen and oxygen atoms in total. The van der Waals surface area contributed by atoms with E-state index in [-0.39, 0.29) is 11.8 Å². The number of ether oxygens (including phenoxy) is 2. The maximum atomic E-state index is 11.1. The van der Waals surface area contributed by atoms with Crippen LogP contribution in [0.3, 0.4) is 0 Å². The van der Waals surface area contributed by atoms with E-state index in [1.807, 2.05) is 60.7 Å². The molecule has 0 bridgehead atoms. The summed E-state index contributed by atoms with van der Waals surface area (Å²) in [6.07, 6.45) is 0.736. The largest absolute Gasteiger partial charge is 0.494 e. The van der Waals surface area contributed by atoms with Crippen molar-refractivity contribution < 1.29 is 19.4 Å². The SMILES string of the molecule is COc1cc2[nH]c(O)c(C(=Nc3ccc(CCNC(C)=O)cc3)c3ccccc3)c2cc1OC. The highest BCUT2D eigenvalue weighted by Gasteiger charge is 2.21. The van der Waals surface area contributed by atoms with Gasteiger partial charge in [0.15, 0.2) is 17.4 Å². The van der Waals surface area contributed by atoms with Gasteiger partial charge in [0.05, 0.1) is 36.7 Å². The van der Waals surface area contributed by atoms with Crippen LogP contribution >= 0.6 is 0 Å². The normalized spacial score (nSPS) is 11.4. The predicted molar refractivity (Wildman–Crippen MR) is 134 cm³/mol. The number of benzene rings is 3. The van der Waals surface area contributed by atoms with Crippen molar-refractivity contribution in [1.82, 2.24) is 10.3 Å². The number of nitrogens with zero attached hydrogens (tertiary/aromatic N) is 1. The van der Waals surface area contributed by atoms with Crippen molar-refractivity contribution >= 4 is 28.2 Å². The van der Waals surface area contributed by atoms with E-state index in [1.165, 1.54) is 6.92 Å². The molecule has 174 valence electrons. The fraction of sp³-hybridized carbons (Fsp3) is 0.185. The average molecular weight is 458 g/mol. The molecule has 4 rings (SSSR count). The lowest BCUT2D eigenvalue weighted by Gasteiger charge is -2.10. The average Bonchev–Trinajstić information content (AvgIpc) is 3.17. The van der Waals surface area contributed by atoms with Gasteiger partial charge in [0.1, 0.15) is 0 Å². The Hall–Kier alpha value is -4.26. The smallest absolute Gasteiger partial charge is 0.216 e. The third kappa shape index (κ3) is 4.88. The third-order valence-corrected chi connectivity index (χ3v) is 5.53. The van der Waals surface area contributed by atoms with Gasteiger partial charge in [-0.05, 0) is 30.2 Å². The molecule has 3 aromatic carbocycles. The van der Waals surface area contributed by atoms with Crippen LogP contribution < -0.4 is 14.8 Å². The fourth-order valence-electron chi connectivity index (χ4n) is 3.86. The van der Waals surface area contributed by atoms with Crippen molar-refractivity contribution in [2.24, 2.45) is 4.99 Å². The fourth-order valence-corrected chi connectivity index (χ4v) is 3.86. The van der Waals surface area contributed by atoms with Gasteiger partial charge in [0.2, 0.25) is 5.91 Å². The number of hydrogen-bond donors (Lipinski definition) is 3. The summed E-state index contributed by atoms with van der Waals surface area (Å²) in [4.78, 5) is 19.0. The molecule has 7 heteroatoms. The van der Waals surface area contributed by atoms with Crippen LogP contribution in [0.2, 0.25) is 0 Å². The number of aromatic amines is 1. The van der Waals surface area contributed by atoms with Gasteiger partial charge in [-0.3, -0.25) is 4.79 Å². The first-order valence-electron chi connectivity index (χ1n) is 10.9. The Morgan fingerprint density at radius 2 is 1.68 bits per heavy atom. The molecule has 34 heavy (non-hydrogen) atoms. The highest BCUT2D eigenvalue weighted by atomic mass is 16.5. The van der Waals surface area contributed by atoms with Gasteiger partial charge in [-0.2, -0.15) is 0 Å². The lowest BCUT2D eigenvalue weighted by Crippen LogP contribution is -2.22. The van der Waals surface area contributed by atoms with E-state index in [2.05, 4.69) is 10.3 Å². The van der Waals surface area contributed by atoms with E-state index in [0.717, 1.165) is 28.6 Å². The lowest BCUT2D eigenvalue weighted by atomic mass is 10.0. The van der Waals surface area contributed by atoms with Crippen LogP contribution in [-0.2, 0) is 11.2 Å². The van der Waals surface area contributed by atoms with Crippen LogP contribution in [0.1, 0.15) is 23.6 Å². The number of H-pyrrole nitrogens is 1. The molecule has 4 aromatic rings. The topological polar surface area (TPSA) is 95.9 Å². The van der Waals surface area contributed by atoms with E-state index < -0.39 is 0 Å². The first kappa shape index (κ1) is 22.9. The van der Waals surface area contributed by atoms with Gasteiger partial charge in [-0.1, -0.05) is 42.5 Å². The second-order valence-electron chi connectivity index (χ2n) is 7.83. The second-order valence-corrected chi connectivity index (χ2v) is 7.83. The number of fused-ring (bicyclic) bond motifs is 1. The van der Waals surface area contributed by atoms with Crippen LogP contribution in [0.4, 0.5) is 5.69 Å². The molecule has 0 atom stereocenters. The Morgan fingerprint density at radius 1 is 1.00 bits per heavy atom. The summed E-state index contributed by atoms with van der Waals surface area (Å²) in [5, 5.41) is 14.5. The van der Waals surface area contributed by atoms with Crippen LogP contribution in [0.15, 0.2) is 71.7 Å². The number of amides is 1. The minimum Gasteiger partial charge on any atom is -0.494 e. The van der Waals surface area contributed by atoms with Gasteiger partial charge in [0, 0.05) is 30.5 Å². The van der Waals surface area contributed by atoms with Gasteiger partial charge in [-0.25, -0.2) is 4.99 Å². The predicted octanol–water partition coefficient (Wildman–Crippen LogP) is 4.74. The van der Waals surface area contributed by atoms with Crippen molar-refractivity contribution in [3.05, 3.63) is 83.4 Å². The van der Waals surface area contributed by atoms with E-state index in [9.17, 15) is 9.90 Å². The molecule has 1 heterocycles. The Kier molecular flexibility index (Phi) is 6.82. The van der Waals surface area contributed by atoms with E-state index in [1.54, 1.807) is 20.3 Å². The second kappa shape index (κ2) is 10.1. The highest BCUT2D eigenvalue weighted by molar-refractivity contribution is 6.22. The molecule has 0 aliphatic carbocycles. The maximum absolute atomic E-state index is 11.1. The summed E-state index contributed by atoms with van der Waals surface area (Å²) in [7, 11) is 3.15. The van der Waals surface area contributed by atoms with Crippen molar-refractivity contribution in [2.45, 2.75) is 13.3 Å². The molecule has 3 N–H and O–H groups in total. The minimum atomic E-state index is -0.0403. The summed E-state index contributed by atoms with van der Waals surface area (Å²) < 4.78 is 10.9. The zero-order valence-corrected chi connectivity index (χ0v) is 19.4. The zero-order chi connectivity index (χ0) is 24.1.